The molecule has 4 heteroatoms. The van der Waals surface area contributed by atoms with Crippen molar-refractivity contribution in [1.82, 2.24) is 0 Å². The Kier molecular flexibility index (Phi) is 4.05. The van der Waals surface area contributed by atoms with E-state index in [4.69, 9.17) is 16.2 Å². The van der Waals surface area contributed by atoms with Crippen LogP contribution in [0.5, 0.6) is 0 Å². The first-order chi connectivity index (χ1) is 9.60. The van der Waals surface area contributed by atoms with Gasteiger partial charge in [-0.3, -0.25) is 0 Å². The van der Waals surface area contributed by atoms with E-state index in [0.29, 0.717) is 11.4 Å². The lowest BCUT2D eigenvalue weighted by molar-refractivity contribution is -0.134. The number of rotatable bonds is 3. The fourth-order valence-corrected chi connectivity index (χ4v) is 1.96. The zero-order valence-electron chi connectivity index (χ0n) is 11.2. The quantitative estimate of drug-likeness (QED) is 0.509. The van der Waals surface area contributed by atoms with Crippen LogP contribution in [-0.2, 0) is 9.53 Å². The van der Waals surface area contributed by atoms with Gasteiger partial charge in [0.15, 0.2) is 0 Å². The van der Waals surface area contributed by atoms with Crippen molar-refractivity contribution in [2.45, 2.75) is 0 Å². The van der Waals surface area contributed by atoms with Crippen molar-refractivity contribution in [3.05, 3.63) is 65.7 Å². The van der Waals surface area contributed by atoms with E-state index in [-0.39, 0.29) is 0 Å². The number of carbonyl (C=O) groups excluding carboxylic acids is 1. The first-order valence-corrected chi connectivity index (χ1v) is 6.11. The van der Waals surface area contributed by atoms with Crippen LogP contribution in [0.15, 0.2) is 54.6 Å². The van der Waals surface area contributed by atoms with E-state index >= 15 is 0 Å². The maximum atomic E-state index is 11.6. The number of hydrogen-bond donors (Lipinski definition) is 2. The Morgan fingerprint density at radius 1 is 1.00 bits per heavy atom. The number of anilines is 2. The van der Waals surface area contributed by atoms with E-state index in [2.05, 4.69) is 0 Å². The largest absolute Gasteiger partial charge is 0.466 e. The molecule has 4 nitrogen and oxygen atoms in total. The summed E-state index contributed by atoms with van der Waals surface area (Å²) in [4.78, 5) is 11.6. The maximum absolute atomic E-state index is 11.6. The molecule has 0 aliphatic rings. The van der Waals surface area contributed by atoms with Gasteiger partial charge in [0.1, 0.15) is 0 Å². The number of carbonyl (C=O) groups is 1. The van der Waals surface area contributed by atoms with Crippen LogP contribution in [0.1, 0.15) is 11.1 Å². The Morgan fingerprint density at radius 3 is 2.15 bits per heavy atom. The van der Waals surface area contributed by atoms with Crippen LogP contribution >= 0.6 is 0 Å². The van der Waals surface area contributed by atoms with Crippen molar-refractivity contribution in [3.8, 4) is 0 Å². The van der Waals surface area contributed by atoms with Crippen molar-refractivity contribution in [1.29, 1.82) is 0 Å². The van der Waals surface area contributed by atoms with E-state index < -0.39 is 5.97 Å². The molecule has 4 N–H and O–H groups in total. The average molecular weight is 268 g/mol. The first kappa shape index (κ1) is 13.7. The summed E-state index contributed by atoms with van der Waals surface area (Å²) >= 11 is 0. The molecule has 2 aromatic rings. The molecule has 2 aromatic carbocycles. The monoisotopic (exact) mass is 268 g/mol. The third kappa shape index (κ3) is 3.17. The van der Waals surface area contributed by atoms with Gasteiger partial charge in [-0.2, -0.15) is 0 Å². The summed E-state index contributed by atoms with van der Waals surface area (Å²) in [6, 6.07) is 14.8. The summed E-state index contributed by atoms with van der Waals surface area (Å²) in [5.41, 5.74) is 15.1. The van der Waals surface area contributed by atoms with Crippen LogP contribution in [-0.4, -0.2) is 13.1 Å². The minimum absolute atomic E-state index is 0.426. The Balaban J connectivity index is 2.58. The molecule has 0 saturated carbocycles. The zero-order chi connectivity index (χ0) is 14.5. The van der Waals surface area contributed by atoms with Crippen LogP contribution in [0.4, 0.5) is 11.4 Å². The number of ether oxygens (including phenoxy) is 1. The maximum Gasteiger partial charge on any atom is 0.331 e. The van der Waals surface area contributed by atoms with Gasteiger partial charge in [0.05, 0.1) is 7.11 Å². The van der Waals surface area contributed by atoms with Gasteiger partial charge in [0, 0.05) is 17.5 Å². The normalized spacial score (nSPS) is 11.2. The smallest absolute Gasteiger partial charge is 0.331 e. The van der Waals surface area contributed by atoms with Crippen molar-refractivity contribution in [3.63, 3.8) is 0 Å². The summed E-state index contributed by atoms with van der Waals surface area (Å²) in [6.45, 7) is 0. The Labute approximate surface area is 117 Å². The van der Waals surface area contributed by atoms with Crippen LogP contribution in [0.3, 0.4) is 0 Å². The molecule has 0 heterocycles. The summed E-state index contributed by atoms with van der Waals surface area (Å²) in [6.07, 6.45) is 1.43. The Bertz CT molecular complexity index is 629. The molecule has 0 aromatic heterocycles. The SMILES string of the molecule is COC(=O)C=C(c1ccccc1)c1cc(N)cc(N)c1. The molecule has 102 valence electrons. The van der Waals surface area contributed by atoms with Crippen molar-refractivity contribution in [2.24, 2.45) is 0 Å². The van der Waals surface area contributed by atoms with E-state index in [1.54, 1.807) is 18.2 Å². The summed E-state index contributed by atoms with van der Waals surface area (Å²) in [5.74, 6) is -0.426. The number of benzene rings is 2. The predicted molar refractivity (Wildman–Crippen MR) is 80.8 cm³/mol. The van der Waals surface area contributed by atoms with Gasteiger partial charge >= 0.3 is 5.97 Å². The molecule has 0 unspecified atom stereocenters. The molecule has 2 rings (SSSR count). The second-order valence-corrected chi connectivity index (χ2v) is 4.34. The fourth-order valence-electron chi connectivity index (χ4n) is 1.96. The molecule has 0 atom stereocenters. The third-order valence-corrected chi connectivity index (χ3v) is 2.84. The highest BCUT2D eigenvalue weighted by molar-refractivity contribution is 5.96. The van der Waals surface area contributed by atoms with Gasteiger partial charge in [0.25, 0.3) is 0 Å². The fraction of sp³-hybridized carbons (Fsp3) is 0.0625. The molecule has 0 amide bonds. The minimum Gasteiger partial charge on any atom is -0.466 e. The molecule has 0 saturated heterocycles. The lowest BCUT2D eigenvalue weighted by atomic mass is 9.96. The van der Waals surface area contributed by atoms with Gasteiger partial charge in [-0.25, -0.2) is 4.79 Å². The topological polar surface area (TPSA) is 78.3 Å². The van der Waals surface area contributed by atoms with Gasteiger partial charge in [-0.1, -0.05) is 30.3 Å². The molecule has 0 aliphatic heterocycles. The summed E-state index contributed by atoms with van der Waals surface area (Å²) in [7, 11) is 1.34. The second-order valence-electron chi connectivity index (χ2n) is 4.34. The lowest BCUT2D eigenvalue weighted by Crippen LogP contribution is -2.00. The molecule has 0 spiro atoms. The Hall–Kier alpha value is -2.75. The standard InChI is InChI=1S/C16H16N2O2/c1-20-16(19)10-15(11-5-3-2-4-6-11)12-7-13(17)9-14(18)8-12/h2-10H,17-18H2,1H3. The highest BCUT2D eigenvalue weighted by atomic mass is 16.5. The lowest BCUT2D eigenvalue weighted by Gasteiger charge is -2.10. The molecular formula is C16H16N2O2. The molecule has 0 radical (unpaired) electrons. The molecule has 0 bridgehead atoms. The number of nitrogens with two attached hydrogens (primary N) is 2. The van der Waals surface area contributed by atoms with E-state index in [1.165, 1.54) is 13.2 Å². The predicted octanol–water partition coefficient (Wildman–Crippen LogP) is 2.46. The average Bonchev–Trinajstić information content (AvgIpc) is 2.44. The minimum atomic E-state index is -0.426. The first-order valence-electron chi connectivity index (χ1n) is 6.11. The van der Waals surface area contributed by atoms with Crippen LogP contribution in [0.25, 0.3) is 5.57 Å². The van der Waals surface area contributed by atoms with Gasteiger partial charge < -0.3 is 16.2 Å². The van der Waals surface area contributed by atoms with Gasteiger partial charge in [-0.15, -0.1) is 0 Å². The van der Waals surface area contributed by atoms with Crippen molar-refractivity contribution < 1.29 is 9.53 Å². The van der Waals surface area contributed by atoms with E-state index in [1.807, 2.05) is 30.3 Å². The van der Waals surface area contributed by atoms with Gasteiger partial charge in [-0.05, 0) is 34.9 Å². The number of esters is 1. The summed E-state index contributed by atoms with van der Waals surface area (Å²) < 4.78 is 4.71. The second kappa shape index (κ2) is 5.93. The van der Waals surface area contributed by atoms with Crippen LogP contribution < -0.4 is 11.5 Å². The summed E-state index contributed by atoms with van der Waals surface area (Å²) in [5, 5.41) is 0. The Morgan fingerprint density at radius 2 is 1.60 bits per heavy atom. The van der Waals surface area contributed by atoms with Crippen LogP contribution in [0.2, 0.25) is 0 Å². The third-order valence-electron chi connectivity index (χ3n) is 2.84. The molecule has 20 heavy (non-hydrogen) atoms. The van der Waals surface area contributed by atoms with Crippen molar-refractivity contribution in [2.75, 3.05) is 18.6 Å². The van der Waals surface area contributed by atoms with E-state index in [0.717, 1.165) is 16.7 Å². The molecular weight excluding hydrogens is 252 g/mol. The molecule has 0 aliphatic carbocycles. The van der Waals surface area contributed by atoms with E-state index in [9.17, 15) is 4.79 Å². The molecule has 0 fully saturated rings. The zero-order valence-corrected chi connectivity index (χ0v) is 11.2. The number of nitrogen functional groups attached to an aromatic ring is 2. The highest BCUT2D eigenvalue weighted by Crippen LogP contribution is 2.27. The van der Waals surface area contributed by atoms with Crippen molar-refractivity contribution >= 4 is 22.9 Å². The number of methoxy groups -OCH3 is 1. The number of hydrogen-bond acceptors (Lipinski definition) is 4. The highest BCUT2D eigenvalue weighted by Gasteiger charge is 2.09. The van der Waals surface area contributed by atoms with Crippen LogP contribution in [0, 0.1) is 0 Å². The van der Waals surface area contributed by atoms with Gasteiger partial charge in [0.2, 0.25) is 0 Å².